The van der Waals surface area contributed by atoms with Crippen molar-refractivity contribution in [1.29, 1.82) is 5.26 Å². The van der Waals surface area contributed by atoms with Gasteiger partial charge in [-0.3, -0.25) is 0 Å². The minimum absolute atomic E-state index is 0.142. The Labute approximate surface area is 102 Å². The van der Waals surface area contributed by atoms with Gasteiger partial charge in [0.05, 0.1) is 23.9 Å². The second kappa shape index (κ2) is 4.77. The Bertz CT molecular complexity index is 450. The molecule has 1 N–H and O–H groups in total. The summed E-state index contributed by atoms with van der Waals surface area (Å²) >= 11 is 0. The van der Waals surface area contributed by atoms with Crippen LogP contribution in [0.5, 0.6) is 0 Å². The van der Waals surface area contributed by atoms with Gasteiger partial charge in [0.15, 0.2) is 0 Å². The van der Waals surface area contributed by atoms with E-state index < -0.39 is 0 Å². The van der Waals surface area contributed by atoms with E-state index in [0.717, 1.165) is 24.2 Å². The molecule has 1 aromatic carbocycles. The summed E-state index contributed by atoms with van der Waals surface area (Å²) in [5.41, 5.74) is 2.81. The number of benzene rings is 1. The van der Waals surface area contributed by atoms with Crippen molar-refractivity contribution in [3.05, 3.63) is 29.3 Å². The van der Waals surface area contributed by atoms with Crippen LogP contribution in [-0.2, 0) is 0 Å². The van der Waals surface area contributed by atoms with E-state index in [4.69, 9.17) is 0 Å². The van der Waals surface area contributed by atoms with Crippen LogP contribution in [0.3, 0.4) is 0 Å². The lowest BCUT2D eigenvalue weighted by molar-refractivity contribution is 0.244. The van der Waals surface area contributed by atoms with Gasteiger partial charge in [0.1, 0.15) is 6.07 Å². The number of para-hydroxylation sites is 1. The lowest BCUT2D eigenvalue weighted by atomic mass is 10.0. The molecule has 0 aromatic heterocycles. The molecule has 1 saturated heterocycles. The van der Waals surface area contributed by atoms with E-state index >= 15 is 0 Å². The van der Waals surface area contributed by atoms with Crippen molar-refractivity contribution in [2.45, 2.75) is 26.3 Å². The number of nitriles is 1. The van der Waals surface area contributed by atoms with Crippen LogP contribution in [0.1, 0.15) is 24.5 Å². The van der Waals surface area contributed by atoms with Crippen LogP contribution in [0, 0.1) is 24.2 Å². The Morgan fingerprint density at radius 3 is 2.94 bits per heavy atom. The van der Waals surface area contributed by atoms with Crippen LogP contribution in [0.2, 0.25) is 0 Å². The van der Waals surface area contributed by atoms with Gasteiger partial charge in [0.25, 0.3) is 0 Å². The summed E-state index contributed by atoms with van der Waals surface area (Å²) in [6, 6.07) is 8.17. The van der Waals surface area contributed by atoms with Gasteiger partial charge in [-0.15, -0.1) is 0 Å². The van der Waals surface area contributed by atoms with Crippen LogP contribution in [0.15, 0.2) is 18.2 Å². The largest absolute Gasteiger partial charge is 0.394 e. The highest BCUT2D eigenvalue weighted by Gasteiger charge is 2.32. The predicted octanol–water partition coefficient (Wildman–Crippen LogP) is 2.07. The van der Waals surface area contributed by atoms with E-state index in [1.54, 1.807) is 0 Å². The first-order chi connectivity index (χ1) is 8.19. The zero-order valence-electron chi connectivity index (χ0n) is 10.3. The molecule has 2 unspecified atom stereocenters. The maximum absolute atomic E-state index is 9.50. The van der Waals surface area contributed by atoms with Gasteiger partial charge < -0.3 is 10.0 Å². The van der Waals surface area contributed by atoms with Gasteiger partial charge in [-0.2, -0.15) is 5.26 Å². The molecule has 1 heterocycles. The van der Waals surface area contributed by atoms with Crippen LogP contribution in [-0.4, -0.2) is 24.3 Å². The molecule has 1 aliphatic rings. The predicted molar refractivity (Wildman–Crippen MR) is 67.9 cm³/mol. The highest BCUT2D eigenvalue weighted by atomic mass is 16.3. The number of anilines is 1. The molecule has 2 atom stereocenters. The van der Waals surface area contributed by atoms with Crippen molar-refractivity contribution < 1.29 is 5.11 Å². The second-order valence-electron chi connectivity index (χ2n) is 4.79. The highest BCUT2D eigenvalue weighted by Crippen LogP contribution is 2.33. The van der Waals surface area contributed by atoms with Crippen molar-refractivity contribution in [1.82, 2.24) is 0 Å². The average Bonchev–Trinajstić information content (AvgIpc) is 2.69. The van der Waals surface area contributed by atoms with E-state index in [9.17, 15) is 10.4 Å². The molecule has 1 fully saturated rings. The summed E-state index contributed by atoms with van der Waals surface area (Å²) in [5, 5.41) is 18.7. The topological polar surface area (TPSA) is 47.3 Å². The first kappa shape index (κ1) is 11.9. The van der Waals surface area contributed by atoms with Crippen molar-refractivity contribution in [3.8, 4) is 6.07 Å². The zero-order chi connectivity index (χ0) is 12.4. The zero-order valence-corrected chi connectivity index (χ0v) is 10.3. The first-order valence-electron chi connectivity index (χ1n) is 6.06. The molecule has 3 heteroatoms. The summed E-state index contributed by atoms with van der Waals surface area (Å²) in [6.45, 7) is 5.26. The molecular formula is C14H18N2O. The molecule has 0 radical (unpaired) electrons. The van der Waals surface area contributed by atoms with Gasteiger partial charge in [-0.1, -0.05) is 19.1 Å². The normalized spacial score (nSPS) is 23.8. The van der Waals surface area contributed by atoms with E-state index in [1.807, 2.05) is 25.1 Å². The van der Waals surface area contributed by atoms with Crippen molar-refractivity contribution in [2.75, 3.05) is 18.1 Å². The smallest absolute Gasteiger partial charge is 0.101 e. The third kappa shape index (κ3) is 2.01. The summed E-state index contributed by atoms with van der Waals surface area (Å²) in [7, 11) is 0. The quantitative estimate of drug-likeness (QED) is 0.846. The van der Waals surface area contributed by atoms with E-state index in [-0.39, 0.29) is 12.6 Å². The standard InChI is InChI=1S/C14H18N2O/c1-10-6-7-16(13(10)9-17)14-11(2)4-3-5-12(14)8-15/h3-5,10,13,17H,6-7,9H2,1-2H3. The molecular weight excluding hydrogens is 212 g/mol. The molecule has 0 amide bonds. The third-order valence-corrected chi connectivity index (χ3v) is 3.72. The summed E-state index contributed by atoms with van der Waals surface area (Å²) in [5.74, 6) is 0.478. The van der Waals surface area contributed by atoms with E-state index in [0.29, 0.717) is 11.5 Å². The van der Waals surface area contributed by atoms with Gasteiger partial charge in [0, 0.05) is 6.54 Å². The summed E-state index contributed by atoms with van der Waals surface area (Å²) < 4.78 is 0. The Kier molecular flexibility index (Phi) is 3.35. The summed E-state index contributed by atoms with van der Waals surface area (Å²) in [4.78, 5) is 2.19. The third-order valence-electron chi connectivity index (χ3n) is 3.72. The fourth-order valence-electron chi connectivity index (χ4n) is 2.69. The molecule has 90 valence electrons. The Morgan fingerprint density at radius 2 is 2.29 bits per heavy atom. The van der Waals surface area contributed by atoms with Gasteiger partial charge in [-0.05, 0) is 30.9 Å². The fraction of sp³-hybridized carbons (Fsp3) is 0.500. The fourth-order valence-corrected chi connectivity index (χ4v) is 2.69. The Balaban J connectivity index is 2.44. The minimum atomic E-state index is 0.142. The molecule has 1 aliphatic heterocycles. The number of aliphatic hydroxyl groups excluding tert-OH is 1. The number of aliphatic hydroxyl groups is 1. The molecule has 0 spiro atoms. The molecule has 1 aromatic rings. The Hall–Kier alpha value is -1.53. The molecule has 2 rings (SSSR count). The second-order valence-corrected chi connectivity index (χ2v) is 4.79. The van der Waals surface area contributed by atoms with Crippen LogP contribution in [0.4, 0.5) is 5.69 Å². The van der Waals surface area contributed by atoms with E-state index in [2.05, 4.69) is 17.9 Å². The molecule has 0 aliphatic carbocycles. The van der Waals surface area contributed by atoms with Crippen molar-refractivity contribution in [2.24, 2.45) is 5.92 Å². The SMILES string of the molecule is Cc1cccc(C#N)c1N1CCC(C)C1CO. The molecule has 3 nitrogen and oxygen atoms in total. The number of rotatable bonds is 2. The van der Waals surface area contributed by atoms with Gasteiger partial charge >= 0.3 is 0 Å². The molecule has 0 bridgehead atoms. The maximum Gasteiger partial charge on any atom is 0.101 e. The number of aryl methyl sites for hydroxylation is 1. The number of nitrogens with zero attached hydrogens (tertiary/aromatic N) is 2. The van der Waals surface area contributed by atoms with Crippen molar-refractivity contribution in [3.63, 3.8) is 0 Å². The lowest BCUT2D eigenvalue weighted by Crippen LogP contribution is -2.36. The first-order valence-corrected chi connectivity index (χ1v) is 6.06. The average molecular weight is 230 g/mol. The Morgan fingerprint density at radius 1 is 1.53 bits per heavy atom. The van der Waals surface area contributed by atoms with Crippen molar-refractivity contribution >= 4 is 5.69 Å². The lowest BCUT2D eigenvalue weighted by Gasteiger charge is -2.29. The minimum Gasteiger partial charge on any atom is -0.394 e. The van der Waals surface area contributed by atoms with E-state index in [1.165, 1.54) is 0 Å². The highest BCUT2D eigenvalue weighted by molar-refractivity contribution is 5.65. The number of hydrogen-bond donors (Lipinski definition) is 1. The maximum atomic E-state index is 9.50. The van der Waals surface area contributed by atoms with Gasteiger partial charge in [0.2, 0.25) is 0 Å². The molecule has 0 saturated carbocycles. The van der Waals surface area contributed by atoms with Gasteiger partial charge in [-0.25, -0.2) is 0 Å². The molecule has 17 heavy (non-hydrogen) atoms. The number of hydrogen-bond acceptors (Lipinski definition) is 3. The summed E-state index contributed by atoms with van der Waals surface area (Å²) in [6.07, 6.45) is 1.07. The van der Waals surface area contributed by atoms with Crippen LogP contribution < -0.4 is 4.90 Å². The monoisotopic (exact) mass is 230 g/mol. The van der Waals surface area contributed by atoms with Crippen LogP contribution >= 0.6 is 0 Å². The van der Waals surface area contributed by atoms with Crippen LogP contribution in [0.25, 0.3) is 0 Å².